The van der Waals surface area contributed by atoms with Gasteiger partial charge in [0.05, 0.1) is 81.5 Å². The first-order valence-corrected chi connectivity index (χ1v) is 46.8. The Balaban J connectivity index is 0.000000138. The Bertz CT molecular complexity index is 6350. The third-order valence-corrected chi connectivity index (χ3v) is 27.6. The van der Waals surface area contributed by atoms with Gasteiger partial charge in [-0.05, 0) is 207 Å². The number of alkyl halides is 3. The number of anilines is 3. The predicted molar refractivity (Wildman–Crippen MR) is 493 cm³/mol. The van der Waals surface area contributed by atoms with Gasteiger partial charge in [0.2, 0.25) is 17.7 Å². The molecule has 0 aliphatic carbocycles. The number of benzene rings is 4. The Morgan fingerprint density at radius 1 is 0.438 bits per heavy atom. The number of likely N-dealkylation sites (tertiary alicyclic amines) is 1. The van der Waals surface area contributed by atoms with E-state index in [4.69, 9.17) is 28.4 Å². The average Bonchev–Trinajstić information content (AvgIpc) is 1.60. The highest BCUT2D eigenvalue weighted by Gasteiger charge is 2.49. The lowest BCUT2D eigenvalue weighted by Gasteiger charge is -2.32. The van der Waals surface area contributed by atoms with Crippen molar-refractivity contribution in [3.63, 3.8) is 0 Å². The van der Waals surface area contributed by atoms with Gasteiger partial charge in [-0.3, -0.25) is 19.2 Å². The summed E-state index contributed by atoms with van der Waals surface area (Å²) in [5, 5.41) is 26.6. The number of carbonyl (C=O) groups excluding carboxylic acids is 6. The van der Waals surface area contributed by atoms with Gasteiger partial charge in [-0.2, -0.15) is 21.6 Å². The molecular weight excluding hydrogens is 1740 g/mol. The number of rotatable bonds is 22. The van der Waals surface area contributed by atoms with Crippen LogP contribution in [0.1, 0.15) is 146 Å². The molecule has 0 atom stereocenters. The number of fused-ring (bicyclic) bond motifs is 12. The van der Waals surface area contributed by atoms with E-state index in [-0.39, 0.29) is 70.9 Å². The molecule has 672 valence electrons. The summed E-state index contributed by atoms with van der Waals surface area (Å²) in [6.07, 6.45) is 4.71. The summed E-state index contributed by atoms with van der Waals surface area (Å²) in [6.45, 7) is 22.6. The summed E-state index contributed by atoms with van der Waals surface area (Å²) in [5.41, 5.74) is 12.5. The largest absolute Gasteiger partial charge is 0.534 e. The average molecular weight is 1840 g/mol. The fourth-order valence-electron chi connectivity index (χ4n) is 16.6. The molecule has 4 aromatic carbocycles. The molecule has 0 spiro atoms. The maximum absolute atomic E-state index is 13.8. The Labute approximate surface area is 755 Å². The van der Waals surface area contributed by atoms with Crippen LogP contribution in [-0.2, 0) is 85.8 Å². The number of carbonyl (C=O) groups is 7. The number of nitrogens with zero attached hydrogens (tertiary/aromatic N) is 5. The van der Waals surface area contributed by atoms with Gasteiger partial charge in [0.15, 0.2) is 11.5 Å². The van der Waals surface area contributed by atoms with Crippen molar-refractivity contribution in [3.05, 3.63) is 188 Å². The van der Waals surface area contributed by atoms with Crippen molar-refractivity contribution in [3.8, 4) is 116 Å². The molecule has 4 amide bonds. The van der Waals surface area contributed by atoms with Crippen LogP contribution in [0.2, 0.25) is 0 Å². The highest BCUT2D eigenvalue weighted by atomic mass is 32.2. The Morgan fingerprint density at radius 3 is 1.04 bits per heavy atom. The first-order chi connectivity index (χ1) is 61.1. The lowest BCUT2D eigenvalue weighted by molar-refractivity contribution is -0.119. The second kappa shape index (κ2) is 38.0. The van der Waals surface area contributed by atoms with Crippen molar-refractivity contribution in [2.24, 2.45) is 17.8 Å². The number of aromatic nitrogens is 4. The normalized spacial score (nSPS) is 13.6. The third-order valence-electron chi connectivity index (χ3n) is 23.0. The van der Waals surface area contributed by atoms with Crippen molar-refractivity contribution >= 4 is 114 Å². The number of carboxylic acids is 1. The van der Waals surface area contributed by atoms with Gasteiger partial charge in [-0.25, -0.2) is 14.4 Å². The van der Waals surface area contributed by atoms with Gasteiger partial charge < -0.3 is 76.8 Å². The van der Waals surface area contributed by atoms with Crippen molar-refractivity contribution in [2.75, 3.05) is 64.1 Å². The molecule has 8 aromatic heterocycles. The van der Waals surface area contributed by atoms with E-state index < -0.39 is 33.3 Å². The third kappa shape index (κ3) is 18.4. The molecule has 1 fully saturated rings. The molecule has 1 saturated heterocycles. The number of amides is 4. The van der Waals surface area contributed by atoms with E-state index in [0.717, 1.165) is 131 Å². The molecule has 0 radical (unpaired) electrons. The molecular formula is C95H99F3N8O17S5. The van der Waals surface area contributed by atoms with Crippen molar-refractivity contribution < 1.29 is 92.9 Å². The fourth-order valence-corrected chi connectivity index (χ4v) is 20.1. The number of esters is 2. The summed E-state index contributed by atoms with van der Waals surface area (Å²) >= 11 is 6.30. The maximum atomic E-state index is 13.8. The molecule has 12 aromatic rings. The van der Waals surface area contributed by atoms with Crippen LogP contribution in [0.5, 0.6) is 28.7 Å². The van der Waals surface area contributed by atoms with E-state index in [1.54, 1.807) is 79.0 Å². The Hall–Kier alpha value is -12.2. The number of hydrogen-bond acceptors (Lipinski definition) is 20. The molecule has 5 aliphatic rings. The van der Waals surface area contributed by atoms with E-state index in [1.807, 2.05) is 158 Å². The number of halogens is 3. The number of aryl methyl sites for hydroxylation is 4. The first kappa shape index (κ1) is 92.0. The van der Waals surface area contributed by atoms with Gasteiger partial charge in [-0.1, -0.05) is 65.8 Å². The molecule has 13 heterocycles. The SMILES string of the molecule is CCOC(=O)c1cc(-c2cccs2)c2n1CCc1cc(OC)c(NC(=O)C(C)C)cc1-2.CCOC(=O)c1cc(-c2cccs2)c2n1CCc1cc(OC)c(OS(=O)(=O)C(F)(F)F)cc1-2.COc1cc2c(cc1NC(=O)C(C)C)-c1c(-c3cccs3)cc(C(=O)N3CCCC3(C)C)n1CC2.COc1cc2c(cc1NC(=O)C(C)C)-c1c(-c3cccs3)cc(C(=O)O)n1CC2. The van der Waals surface area contributed by atoms with Crippen molar-refractivity contribution in [1.82, 2.24) is 23.2 Å². The molecule has 0 bridgehead atoms. The van der Waals surface area contributed by atoms with Crippen LogP contribution in [0.3, 0.4) is 0 Å². The Kier molecular flexibility index (Phi) is 27.3. The summed E-state index contributed by atoms with van der Waals surface area (Å²) < 4.78 is 107. The second-order valence-corrected chi connectivity index (χ2v) is 37.8. The monoisotopic (exact) mass is 1840 g/mol. The highest BCUT2D eigenvalue weighted by molar-refractivity contribution is 7.88. The minimum atomic E-state index is -5.92. The zero-order chi connectivity index (χ0) is 91.7. The number of thiophene rings is 4. The van der Waals surface area contributed by atoms with E-state index in [9.17, 15) is 60.3 Å². The standard InChI is InChI=1S/C28H33N3O3S.C24H26N2O4S.C22H22N2O4S.C21H18F3NO6S2/c1-17(2)26(32)29-21-15-19-18(14-23(21)34-5)9-12-30-22(27(33)31-11-7-10-28(31,3)4)16-20(25(19)30)24-8-6-13-35-24;1-5-30-24(28)19-13-17(21-7-6-10-31-21)22-16-12-18(25-23(27)14(2)3)20(29-4)11-15(16)8-9-26(19)22;1-12(2)21(25)23-16-10-14-13(9-18(16)28-3)6-7-24-17(22(26)27)11-15(20(14)24)19-5-4-8-29-19;1-3-30-20(26)15-10-14(18-5-4-8-32-18)19-13-11-17(31-33(27,28)21(22,23)24)16(29-2)9-12(13)6-7-25(15)19/h6,8,13-17H,7,9-12H2,1-5H3,(H,29,32);6-7,10-14H,5,8-9H2,1-4H3,(H,25,27);4-5,8-12H,6-7H2,1-3H3,(H,23,25)(H,26,27);4-5,8-11H,3,6-7H2,1-2H3. The molecule has 4 N–H and O–H groups in total. The minimum absolute atomic E-state index is 0.0555. The lowest BCUT2D eigenvalue weighted by atomic mass is 9.94. The topological polar surface area (TPSA) is 298 Å². The molecule has 0 unspecified atom stereocenters. The number of nitrogens with one attached hydrogen (secondary N) is 3. The summed E-state index contributed by atoms with van der Waals surface area (Å²) in [7, 11) is 0.105. The van der Waals surface area contributed by atoms with Gasteiger partial charge in [-0.15, -0.1) is 45.3 Å². The quantitative estimate of drug-likeness (QED) is 0.0278. The number of aromatic carboxylic acids is 1. The molecule has 0 saturated carbocycles. The van der Waals surface area contributed by atoms with Crippen molar-refractivity contribution in [2.45, 2.75) is 145 Å². The van der Waals surface area contributed by atoms with Crippen molar-refractivity contribution in [1.29, 1.82) is 0 Å². The molecule has 5 aliphatic heterocycles. The second-order valence-electron chi connectivity index (χ2n) is 32.5. The molecule has 25 nitrogen and oxygen atoms in total. The van der Waals surface area contributed by atoms with Crippen LogP contribution in [0.25, 0.3) is 86.8 Å². The smallest absolute Gasteiger partial charge is 0.495 e. The molecule has 128 heavy (non-hydrogen) atoms. The molecule has 33 heteroatoms. The number of methoxy groups -OCH3 is 4. The number of hydrogen-bond donors (Lipinski definition) is 4. The zero-order valence-corrected chi connectivity index (χ0v) is 77.3. The van der Waals surface area contributed by atoms with Gasteiger partial charge in [0.1, 0.15) is 40.0 Å². The Morgan fingerprint density at radius 2 is 0.750 bits per heavy atom. The number of ether oxygens (including phenoxy) is 6. The van der Waals surface area contributed by atoms with E-state index in [2.05, 4.69) is 62.1 Å². The van der Waals surface area contributed by atoms with E-state index in [1.165, 1.54) is 30.6 Å². The van der Waals surface area contributed by atoms with Crippen LogP contribution in [0.15, 0.2) is 143 Å². The van der Waals surface area contributed by atoms with Gasteiger partial charge in [0, 0.05) is 120 Å². The van der Waals surface area contributed by atoms with Crippen LogP contribution in [-0.4, -0.2) is 137 Å². The fraction of sp³-hybridized carbons (Fsp3) is 0.337. The molecule has 17 rings (SSSR count). The van der Waals surface area contributed by atoms with Crippen LogP contribution >= 0.6 is 45.3 Å². The predicted octanol–water partition coefficient (Wildman–Crippen LogP) is 20.9. The summed E-state index contributed by atoms with van der Waals surface area (Å²) in [4.78, 5) is 94.3. The number of carboxylic acid groups (broad SMARTS) is 1. The van der Waals surface area contributed by atoms with E-state index >= 15 is 0 Å². The maximum Gasteiger partial charge on any atom is 0.534 e. The van der Waals surface area contributed by atoms with Crippen LogP contribution < -0.4 is 39.1 Å². The van der Waals surface area contributed by atoms with Crippen LogP contribution in [0, 0.1) is 17.8 Å². The van der Waals surface area contributed by atoms with Gasteiger partial charge >= 0.3 is 33.5 Å². The lowest BCUT2D eigenvalue weighted by Crippen LogP contribution is -2.43. The first-order valence-electron chi connectivity index (χ1n) is 41.9. The van der Waals surface area contributed by atoms with Crippen LogP contribution in [0.4, 0.5) is 30.2 Å². The summed E-state index contributed by atoms with van der Waals surface area (Å²) in [6, 6.07) is 37.7. The van der Waals surface area contributed by atoms with Gasteiger partial charge in [0.25, 0.3) is 5.91 Å². The summed E-state index contributed by atoms with van der Waals surface area (Å²) in [5.74, 6) is -1.24. The zero-order valence-electron chi connectivity index (χ0n) is 73.2. The minimum Gasteiger partial charge on any atom is -0.495 e. The highest BCUT2D eigenvalue weighted by Crippen LogP contribution is 2.52. The van der Waals surface area contributed by atoms with E-state index in [0.29, 0.717) is 107 Å².